The van der Waals surface area contributed by atoms with Crippen LogP contribution in [0.3, 0.4) is 0 Å². The third kappa shape index (κ3) is 8.03. The summed E-state index contributed by atoms with van der Waals surface area (Å²) in [7, 11) is 6.69. The van der Waals surface area contributed by atoms with E-state index in [9.17, 15) is 0 Å². The first kappa shape index (κ1) is 37.3. The number of H-pyrrole nitrogens is 2. The van der Waals surface area contributed by atoms with Gasteiger partial charge in [-0.3, -0.25) is 0 Å². The maximum atomic E-state index is 5.49. The van der Waals surface area contributed by atoms with Crippen molar-refractivity contribution in [1.29, 1.82) is 0 Å². The molecule has 2 aliphatic heterocycles. The van der Waals surface area contributed by atoms with Crippen molar-refractivity contribution in [2.75, 3.05) is 28.4 Å². The molecule has 0 radical (unpaired) electrons. The van der Waals surface area contributed by atoms with Gasteiger partial charge in [-0.1, -0.05) is 36.4 Å². The molecule has 5 heterocycles. The van der Waals surface area contributed by atoms with Crippen LogP contribution in [0, 0.1) is 0 Å². The third-order valence-electron chi connectivity index (χ3n) is 9.74. The molecule has 0 atom stereocenters. The molecule has 285 valence electrons. The Morgan fingerprint density at radius 3 is 1.21 bits per heavy atom. The van der Waals surface area contributed by atoms with Crippen LogP contribution in [-0.4, -0.2) is 48.4 Å². The summed E-state index contributed by atoms with van der Waals surface area (Å²) >= 11 is 3.07. The zero-order valence-electron chi connectivity index (χ0n) is 31.8. The topological polar surface area (TPSA) is 94.3 Å². The summed E-state index contributed by atoms with van der Waals surface area (Å²) in [5, 5.41) is 0. The zero-order chi connectivity index (χ0) is 39.3. The van der Waals surface area contributed by atoms with Gasteiger partial charge >= 0.3 is 65.1 Å². The van der Waals surface area contributed by atoms with E-state index in [1.165, 1.54) is 0 Å². The summed E-state index contributed by atoms with van der Waals surface area (Å²) in [4.78, 5) is 17.8. The third-order valence-corrected chi connectivity index (χ3v) is 10.3. The fraction of sp³-hybridized carbons (Fsp3) is 0.0833. The minimum absolute atomic E-state index is 0.790. The minimum Gasteiger partial charge on any atom is -0.497 e. The average molecular weight is 842 g/mol. The van der Waals surface area contributed by atoms with Crippen molar-refractivity contribution >= 4 is 50.4 Å². The van der Waals surface area contributed by atoms with Crippen molar-refractivity contribution in [3.05, 3.63) is 150 Å². The summed E-state index contributed by atoms with van der Waals surface area (Å²) < 4.78 is 22.5. The smallest absolute Gasteiger partial charge is 0.118 e. The Bertz CT molecular complexity index is 2720. The quantitative estimate of drug-likeness (QED) is 0.155. The molecule has 4 aromatic carbocycles. The standard InChI is InChI=1S/C41H32N4O3.C7H7O.Pd/c1-46-30-12-4-25(5-13-30)39-33-18-10-28(42-33)24-29-11-19-34(43-29)40(26-6-14-31(47-2)15-7-26)36-21-23-38(45-36)41(37-22-20-35(39)44-37)27-8-16-32(48-3)17-9-27;1-8-7-5-3-2-4-6-7;/h4-24,42,45H,1-3H3;3-6H,1H3;. The molecule has 0 saturated carbocycles. The second kappa shape index (κ2) is 16.6. The molecule has 0 fully saturated rings. The van der Waals surface area contributed by atoms with Gasteiger partial charge in [0.15, 0.2) is 0 Å². The number of aromatic amines is 2. The van der Waals surface area contributed by atoms with Gasteiger partial charge < -0.3 is 24.2 Å². The number of nitrogens with one attached hydrogen (secondary N) is 2. The number of methoxy groups -OCH3 is 4. The van der Waals surface area contributed by atoms with E-state index in [0.717, 1.165) is 105 Å². The number of fused-ring (bicyclic) bond motifs is 8. The van der Waals surface area contributed by atoms with Crippen LogP contribution < -0.4 is 23.0 Å². The number of hydrogen-bond acceptors (Lipinski definition) is 6. The van der Waals surface area contributed by atoms with E-state index in [-0.39, 0.29) is 0 Å². The zero-order valence-corrected chi connectivity index (χ0v) is 33.3. The van der Waals surface area contributed by atoms with Crippen LogP contribution in [0.1, 0.15) is 22.8 Å². The van der Waals surface area contributed by atoms with Crippen LogP contribution in [0.4, 0.5) is 0 Å². The molecule has 3 aromatic heterocycles. The molecule has 2 N–H and O–H groups in total. The molecule has 8 nitrogen and oxygen atoms in total. The van der Waals surface area contributed by atoms with Crippen molar-refractivity contribution in [3.8, 4) is 56.4 Å². The van der Waals surface area contributed by atoms with Gasteiger partial charge in [0.25, 0.3) is 0 Å². The Hall–Kier alpha value is -6.66. The molecule has 0 saturated heterocycles. The first-order valence-electron chi connectivity index (χ1n) is 18.3. The molecule has 57 heavy (non-hydrogen) atoms. The molecule has 0 amide bonds. The van der Waals surface area contributed by atoms with Gasteiger partial charge in [-0.05, 0) is 108 Å². The Morgan fingerprint density at radius 1 is 0.404 bits per heavy atom. The van der Waals surface area contributed by atoms with Gasteiger partial charge in [-0.25, -0.2) is 9.97 Å². The van der Waals surface area contributed by atoms with Gasteiger partial charge in [0, 0.05) is 38.8 Å². The number of ether oxygens (including phenoxy) is 4. The monoisotopic (exact) mass is 841 g/mol. The van der Waals surface area contributed by atoms with Gasteiger partial charge in [0.05, 0.1) is 44.1 Å². The number of nitrogens with zero attached hydrogens (tertiary/aromatic N) is 2. The number of rotatable bonds is 7. The van der Waals surface area contributed by atoms with Crippen LogP contribution in [0.25, 0.3) is 79.8 Å². The van der Waals surface area contributed by atoms with Gasteiger partial charge in [0.2, 0.25) is 0 Å². The van der Waals surface area contributed by atoms with E-state index >= 15 is 0 Å². The predicted octanol–water partition coefficient (Wildman–Crippen LogP) is 10.5. The minimum atomic E-state index is 0.790. The van der Waals surface area contributed by atoms with Crippen molar-refractivity contribution in [1.82, 2.24) is 19.9 Å². The summed E-state index contributed by atoms with van der Waals surface area (Å²) in [6.45, 7) is 0. The Labute approximate surface area is 341 Å². The number of benzene rings is 4. The molecular formula is C48H39N4O4Pd. The fourth-order valence-corrected chi connectivity index (χ4v) is 7.14. The van der Waals surface area contributed by atoms with E-state index in [0.29, 0.717) is 0 Å². The second-order valence-corrected chi connectivity index (χ2v) is 14.1. The molecule has 7 aromatic rings. The molecule has 8 bridgehead atoms. The summed E-state index contributed by atoms with van der Waals surface area (Å²) in [5.41, 5.74) is 13.2. The van der Waals surface area contributed by atoms with Crippen molar-refractivity contribution in [3.63, 3.8) is 0 Å². The van der Waals surface area contributed by atoms with Crippen LogP contribution in [-0.2, 0) is 19.2 Å². The first-order chi connectivity index (χ1) is 27.9. The van der Waals surface area contributed by atoms with E-state index in [1.807, 2.05) is 60.7 Å². The van der Waals surface area contributed by atoms with Crippen LogP contribution in [0.2, 0.25) is 0 Å². The Morgan fingerprint density at radius 2 is 0.772 bits per heavy atom. The van der Waals surface area contributed by atoms with E-state index < -0.39 is 0 Å². The Balaban J connectivity index is 0.000000448. The second-order valence-electron chi connectivity index (χ2n) is 13.2. The largest absolute Gasteiger partial charge is 0.497 e. The average Bonchev–Trinajstić information content (AvgIpc) is 4.10. The molecule has 0 aliphatic carbocycles. The van der Waals surface area contributed by atoms with Crippen molar-refractivity contribution < 1.29 is 38.1 Å². The summed E-state index contributed by atoms with van der Waals surface area (Å²) in [6.07, 6.45) is 8.30. The van der Waals surface area contributed by atoms with Crippen LogP contribution >= 0.6 is 0 Å². The molecular weight excluding hydrogens is 803 g/mol. The number of hydrogen-bond donors (Lipinski definition) is 2. The van der Waals surface area contributed by atoms with Crippen LogP contribution in [0.5, 0.6) is 23.0 Å². The Kier molecular flexibility index (Phi) is 10.9. The molecule has 0 spiro atoms. The molecule has 9 rings (SSSR count). The fourth-order valence-electron chi connectivity index (χ4n) is 6.88. The van der Waals surface area contributed by atoms with Crippen molar-refractivity contribution in [2.45, 2.75) is 0 Å². The van der Waals surface area contributed by atoms with Crippen LogP contribution in [0.15, 0.2) is 127 Å². The van der Waals surface area contributed by atoms with E-state index in [2.05, 4.69) is 120 Å². The maximum absolute atomic E-state index is 5.49. The SMILES string of the molecule is COc1cc[c]([Pd])cc1.COc1ccc(-c2c3nc(c(-c4ccc(OC)cc4)c4ccc([nH]4)c(-c4ccc(OC)cc4)c4nc(cc5ccc2[nH]5)C=C4)C=C3)cc1. The maximum Gasteiger partial charge on any atom is 0.118 e. The van der Waals surface area contributed by atoms with E-state index in [1.54, 1.807) is 28.4 Å². The molecule has 9 heteroatoms. The predicted molar refractivity (Wildman–Crippen MR) is 227 cm³/mol. The summed E-state index contributed by atoms with van der Waals surface area (Å²) in [6, 6.07) is 42.5. The van der Waals surface area contributed by atoms with Crippen molar-refractivity contribution in [2.24, 2.45) is 0 Å². The van der Waals surface area contributed by atoms with E-state index in [4.69, 9.17) is 28.9 Å². The number of aromatic nitrogens is 4. The molecule has 2 aliphatic rings. The van der Waals surface area contributed by atoms with Gasteiger partial charge in [-0.15, -0.1) is 0 Å². The summed E-state index contributed by atoms with van der Waals surface area (Å²) in [5.74, 6) is 3.28. The molecule has 0 unspecified atom stereocenters. The van der Waals surface area contributed by atoms with Gasteiger partial charge in [-0.2, -0.15) is 0 Å². The normalized spacial score (nSPS) is 11.5. The van der Waals surface area contributed by atoms with Gasteiger partial charge in [0.1, 0.15) is 17.2 Å². The first-order valence-corrected chi connectivity index (χ1v) is 19.0.